The average Bonchev–Trinajstić information content (AvgIpc) is 2.82. The summed E-state index contributed by atoms with van der Waals surface area (Å²) in [6, 6.07) is 10.1. The van der Waals surface area contributed by atoms with Crippen molar-refractivity contribution >= 4 is 34.4 Å². The lowest BCUT2D eigenvalue weighted by atomic mass is 9.90. The molecular weight excluding hydrogens is 499 g/mol. The van der Waals surface area contributed by atoms with E-state index in [4.69, 9.17) is 0 Å². The third kappa shape index (κ3) is 6.25. The van der Waals surface area contributed by atoms with Gasteiger partial charge in [0.1, 0.15) is 17.5 Å². The topological polar surface area (TPSA) is 83.6 Å². The van der Waals surface area contributed by atoms with Gasteiger partial charge < -0.3 is 10.2 Å². The number of rotatable bonds is 4. The molecule has 0 atom stereocenters. The first-order valence-corrected chi connectivity index (χ1v) is 11.5. The highest BCUT2D eigenvalue weighted by molar-refractivity contribution is 5.93. The number of amides is 2. The van der Waals surface area contributed by atoms with Crippen molar-refractivity contribution in [1.82, 2.24) is 10.5 Å². The van der Waals surface area contributed by atoms with E-state index in [1.54, 1.807) is 0 Å². The van der Waals surface area contributed by atoms with Crippen molar-refractivity contribution in [3.05, 3.63) is 65.7 Å². The van der Waals surface area contributed by atoms with Gasteiger partial charge in [0.05, 0.1) is 11.2 Å². The number of alkyl halides is 3. The Kier molecular flexibility index (Phi) is 7.46. The molecule has 1 aliphatic carbocycles. The molecule has 1 aromatic heterocycles. The highest BCUT2D eigenvalue weighted by Crippen LogP contribution is 2.31. The third-order valence-corrected chi connectivity index (χ3v) is 6.14. The number of carbonyl (C=O) groups is 2. The normalized spacial score (nSPS) is 17.8. The highest BCUT2D eigenvalue weighted by atomic mass is 19.4. The number of hydroxylamine groups is 1. The summed E-state index contributed by atoms with van der Waals surface area (Å²) in [7, 11) is 0. The number of carbonyl (C=O) groups excluding carboxylic acids is 2. The number of nitrogens with zero attached hydrogens (tertiary/aromatic N) is 2. The van der Waals surface area contributed by atoms with Gasteiger partial charge in [0.15, 0.2) is 0 Å². The van der Waals surface area contributed by atoms with Gasteiger partial charge >= 0.3 is 18.2 Å². The molecule has 12 heteroatoms. The van der Waals surface area contributed by atoms with Crippen LogP contribution in [0.5, 0.6) is 0 Å². The summed E-state index contributed by atoms with van der Waals surface area (Å²) in [6.45, 7) is 1.98. The van der Waals surface area contributed by atoms with Gasteiger partial charge in [-0.15, -0.1) is 0 Å². The van der Waals surface area contributed by atoms with Crippen LogP contribution >= 0.6 is 0 Å². The monoisotopic (exact) mass is 522 g/mol. The SMILES string of the molecule is Cc1cc(NC2CCC(N(C(=O)NOC(=O)C(F)(F)F)c3cc(F)cc(F)c3)CC2)nc2ccccc12. The van der Waals surface area contributed by atoms with E-state index in [9.17, 15) is 31.5 Å². The van der Waals surface area contributed by atoms with Crippen LogP contribution in [0.1, 0.15) is 31.2 Å². The Balaban J connectivity index is 1.47. The van der Waals surface area contributed by atoms with Gasteiger partial charge in [-0.3, -0.25) is 4.90 Å². The molecule has 0 aliphatic heterocycles. The maximum atomic E-state index is 13.9. The molecule has 2 amide bonds. The number of benzene rings is 2. The minimum atomic E-state index is -5.33. The minimum absolute atomic E-state index is 0.0264. The van der Waals surface area contributed by atoms with E-state index >= 15 is 0 Å². The van der Waals surface area contributed by atoms with Crippen LogP contribution in [0.3, 0.4) is 0 Å². The molecule has 1 aliphatic rings. The fourth-order valence-corrected chi connectivity index (χ4v) is 4.48. The molecule has 0 unspecified atom stereocenters. The summed E-state index contributed by atoms with van der Waals surface area (Å²) in [5.74, 6) is -3.90. The molecule has 37 heavy (non-hydrogen) atoms. The van der Waals surface area contributed by atoms with Crippen molar-refractivity contribution in [3.63, 3.8) is 0 Å². The van der Waals surface area contributed by atoms with Crippen LogP contribution in [0.2, 0.25) is 0 Å². The molecule has 0 saturated heterocycles. The molecule has 1 saturated carbocycles. The molecule has 0 radical (unpaired) electrons. The Morgan fingerprint density at radius 2 is 1.65 bits per heavy atom. The zero-order valence-electron chi connectivity index (χ0n) is 19.6. The highest BCUT2D eigenvalue weighted by Gasteiger charge is 2.42. The van der Waals surface area contributed by atoms with Crippen LogP contribution in [0.15, 0.2) is 48.5 Å². The Labute approximate surface area is 208 Å². The number of hydrogen-bond donors (Lipinski definition) is 2. The number of hydrogen-bond acceptors (Lipinski definition) is 5. The lowest BCUT2D eigenvalue weighted by molar-refractivity contribution is -0.204. The van der Waals surface area contributed by atoms with Crippen molar-refractivity contribution < 1.29 is 36.4 Å². The lowest BCUT2D eigenvalue weighted by Gasteiger charge is -2.37. The smallest absolute Gasteiger partial charge is 0.367 e. The second kappa shape index (κ2) is 10.6. The Morgan fingerprint density at radius 1 is 1.00 bits per heavy atom. The van der Waals surface area contributed by atoms with Gasteiger partial charge in [-0.25, -0.2) is 23.4 Å². The molecule has 3 aromatic rings. The maximum Gasteiger partial charge on any atom is 0.493 e. The van der Waals surface area contributed by atoms with Gasteiger partial charge in [-0.2, -0.15) is 18.7 Å². The van der Waals surface area contributed by atoms with E-state index in [1.807, 2.05) is 37.3 Å². The minimum Gasteiger partial charge on any atom is -0.367 e. The number of nitrogens with one attached hydrogen (secondary N) is 2. The fraction of sp³-hybridized carbons (Fsp3) is 0.320. The van der Waals surface area contributed by atoms with Crippen LogP contribution in [0, 0.1) is 18.6 Å². The van der Waals surface area contributed by atoms with Gasteiger partial charge in [-0.05, 0) is 62.4 Å². The van der Waals surface area contributed by atoms with E-state index in [0.717, 1.165) is 33.5 Å². The van der Waals surface area contributed by atoms with Crippen LogP contribution in [0.25, 0.3) is 10.9 Å². The molecule has 196 valence electrons. The van der Waals surface area contributed by atoms with Crippen LogP contribution < -0.4 is 15.7 Å². The largest absolute Gasteiger partial charge is 0.493 e. The zero-order chi connectivity index (χ0) is 26.7. The predicted octanol–water partition coefficient (Wildman–Crippen LogP) is 5.78. The number of fused-ring (bicyclic) bond motifs is 1. The predicted molar refractivity (Wildman–Crippen MR) is 126 cm³/mol. The van der Waals surface area contributed by atoms with Crippen molar-refractivity contribution in [2.24, 2.45) is 0 Å². The van der Waals surface area contributed by atoms with Crippen molar-refractivity contribution in [3.8, 4) is 0 Å². The van der Waals surface area contributed by atoms with Crippen molar-refractivity contribution in [1.29, 1.82) is 0 Å². The maximum absolute atomic E-state index is 13.9. The van der Waals surface area contributed by atoms with E-state index in [0.29, 0.717) is 37.6 Å². The van der Waals surface area contributed by atoms with Crippen molar-refractivity contribution in [2.45, 2.75) is 50.9 Å². The molecule has 4 rings (SSSR count). The first kappa shape index (κ1) is 26.1. The number of halogens is 5. The number of pyridine rings is 1. The van der Waals surface area contributed by atoms with Gasteiger partial charge in [0.2, 0.25) is 0 Å². The number of anilines is 2. The molecule has 0 bridgehead atoms. The summed E-state index contributed by atoms with van der Waals surface area (Å²) in [5, 5.41) is 4.41. The fourth-order valence-electron chi connectivity index (χ4n) is 4.48. The summed E-state index contributed by atoms with van der Waals surface area (Å²) in [6.07, 6.45) is -3.57. The zero-order valence-corrected chi connectivity index (χ0v) is 19.6. The number of para-hydroxylation sites is 1. The molecular formula is C25H23F5N4O3. The second-order valence-corrected chi connectivity index (χ2v) is 8.78. The standard InChI is InChI=1S/C25H23F5N4O3/c1-14-10-22(32-21-5-3-2-4-20(14)21)31-17-6-8-18(9-7-17)34(19-12-15(26)11-16(27)13-19)24(36)33-37-23(35)25(28,29)30/h2-5,10-13,17-18H,6-9H2,1H3,(H,31,32)(H,33,36). The van der Waals surface area contributed by atoms with Crippen molar-refractivity contribution in [2.75, 3.05) is 10.2 Å². The molecule has 2 N–H and O–H groups in total. The third-order valence-electron chi connectivity index (χ3n) is 6.14. The average molecular weight is 522 g/mol. The first-order chi connectivity index (χ1) is 17.5. The Bertz CT molecular complexity index is 1290. The molecule has 1 fully saturated rings. The van der Waals surface area contributed by atoms with Crippen LogP contribution in [0.4, 0.5) is 38.3 Å². The van der Waals surface area contributed by atoms with E-state index < -0.39 is 35.9 Å². The summed E-state index contributed by atoms with van der Waals surface area (Å²) < 4.78 is 65.2. The summed E-state index contributed by atoms with van der Waals surface area (Å²) in [4.78, 5) is 33.1. The molecule has 2 aromatic carbocycles. The van der Waals surface area contributed by atoms with E-state index in [2.05, 4.69) is 15.1 Å². The first-order valence-electron chi connectivity index (χ1n) is 11.5. The second-order valence-electron chi connectivity index (χ2n) is 8.78. The summed E-state index contributed by atoms with van der Waals surface area (Å²) >= 11 is 0. The van der Waals surface area contributed by atoms with Crippen LogP contribution in [-0.2, 0) is 9.63 Å². The Hall–Kier alpha value is -3.96. The quantitative estimate of drug-likeness (QED) is 0.335. The lowest BCUT2D eigenvalue weighted by Crippen LogP contribution is -2.50. The number of aryl methyl sites for hydroxylation is 1. The summed E-state index contributed by atoms with van der Waals surface area (Å²) in [5.41, 5.74) is 3.11. The Morgan fingerprint density at radius 3 is 2.30 bits per heavy atom. The van der Waals surface area contributed by atoms with E-state index in [-0.39, 0.29) is 11.7 Å². The van der Waals surface area contributed by atoms with Crippen LogP contribution in [-0.4, -0.2) is 35.2 Å². The number of urea groups is 1. The molecule has 0 spiro atoms. The van der Waals surface area contributed by atoms with Gasteiger partial charge in [0.25, 0.3) is 0 Å². The van der Waals surface area contributed by atoms with E-state index in [1.165, 1.54) is 5.48 Å². The van der Waals surface area contributed by atoms with Gasteiger partial charge in [0, 0.05) is 23.5 Å². The van der Waals surface area contributed by atoms with Gasteiger partial charge in [-0.1, -0.05) is 18.2 Å². The molecule has 7 nitrogen and oxygen atoms in total. The number of aromatic nitrogens is 1. The molecule has 1 heterocycles.